The van der Waals surface area contributed by atoms with Crippen molar-refractivity contribution in [1.82, 2.24) is 15.2 Å². The highest BCUT2D eigenvalue weighted by atomic mass is 16.1. The van der Waals surface area contributed by atoms with Gasteiger partial charge in [-0.1, -0.05) is 13.0 Å². The summed E-state index contributed by atoms with van der Waals surface area (Å²) in [6.45, 7) is 5.16. The number of pyridine rings is 1. The molecule has 1 amide bonds. The summed E-state index contributed by atoms with van der Waals surface area (Å²) >= 11 is 0. The van der Waals surface area contributed by atoms with E-state index in [4.69, 9.17) is 5.73 Å². The number of hydrogen-bond donors (Lipinski definition) is 2. The maximum Gasteiger partial charge on any atom is 0.224 e. The average Bonchev–Trinajstić information content (AvgIpc) is 2.49. The van der Waals surface area contributed by atoms with Crippen molar-refractivity contribution >= 4 is 5.91 Å². The molecule has 3 N–H and O–H groups in total. The molecule has 1 aliphatic rings. The first-order chi connectivity index (χ1) is 9.69. The number of carbonyl (C=O) groups excluding carboxylic acids is 1. The molecule has 5 heteroatoms. The standard InChI is InChI=1S/C15H24N4O/c1-12(10-16)15(20)18-13-5-8-19(9-6-13)11-14-4-2-3-7-17-14/h2-4,7,12-13H,5-6,8-11,16H2,1H3,(H,18,20). The molecule has 1 fully saturated rings. The molecule has 2 rings (SSSR count). The van der Waals surface area contributed by atoms with Gasteiger partial charge < -0.3 is 11.1 Å². The van der Waals surface area contributed by atoms with Crippen LogP contribution >= 0.6 is 0 Å². The fraction of sp³-hybridized carbons (Fsp3) is 0.600. The van der Waals surface area contributed by atoms with E-state index < -0.39 is 0 Å². The molecule has 0 aliphatic carbocycles. The largest absolute Gasteiger partial charge is 0.353 e. The fourth-order valence-electron chi connectivity index (χ4n) is 2.41. The van der Waals surface area contributed by atoms with Gasteiger partial charge in [-0.25, -0.2) is 0 Å². The number of carbonyl (C=O) groups is 1. The van der Waals surface area contributed by atoms with Gasteiger partial charge in [0, 0.05) is 44.3 Å². The Morgan fingerprint density at radius 2 is 2.25 bits per heavy atom. The smallest absolute Gasteiger partial charge is 0.224 e. The molecule has 1 aromatic heterocycles. The van der Waals surface area contributed by atoms with Crippen LogP contribution in [0.5, 0.6) is 0 Å². The molecule has 1 saturated heterocycles. The minimum absolute atomic E-state index is 0.0793. The second-order valence-corrected chi connectivity index (χ2v) is 5.52. The lowest BCUT2D eigenvalue weighted by Gasteiger charge is -2.32. The molecule has 1 unspecified atom stereocenters. The van der Waals surface area contributed by atoms with Crippen LogP contribution < -0.4 is 11.1 Å². The number of rotatable bonds is 5. The second-order valence-electron chi connectivity index (χ2n) is 5.52. The molecule has 20 heavy (non-hydrogen) atoms. The molecular formula is C15H24N4O. The van der Waals surface area contributed by atoms with Gasteiger partial charge >= 0.3 is 0 Å². The van der Waals surface area contributed by atoms with Crippen molar-refractivity contribution in [3.63, 3.8) is 0 Å². The third-order valence-electron chi connectivity index (χ3n) is 3.85. The summed E-state index contributed by atoms with van der Waals surface area (Å²) in [6.07, 6.45) is 3.82. The van der Waals surface area contributed by atoms with Crippen molar-refractivity contribution in [2.24, 2.45) is 11.7 Å². The lowest BCUT2D eigenvalue weighted by atomic mass is 10.0. The molecule has 0 radical (unpaired) electrons. The summed E-state index contributed by atoms with van der Waals surface area (Å²) in [5.41, 5.74) is 6.61. The van der Waals surface area contributed by atoms with E-state index in [1.54, 1.807) is 0 Å². The minimum Gasteiger partial charge on any atom is -0.353 e. The van der Waals surface area contributed by atoms with Gasteiger partial charge in [0.25, 0.3) is 0 Å². The Balaban J connectivity index is 1.74. The molecule has 0 spiro atoms. The van der Waals surface area contributed by atoms with E-state index in [1.165, 1.54) is 0 Å². The summed E-state index contributed by atoms with van der Waals surface area (Å²) in [5.74, 6) is -0.0165. The van der Waals surface area contributed by atoms with Crippen molar-refractivity contribution in [2.45, 2.75) is 32.4 Å². The highest BCUT2D eigenvalue weighted by Crippen LogP contribution is 2.13. The predicted molar refractivity (Wildman–Crippen MR) is 78.9 cm³/mol. The molecule has 5 nitrogen and oxygen atoms in total. The number of nitrogens with one attached hydrogen (secondary N) is 1. The van der Waals surface area contributed by atoms with Gasteiger partial charge in [-0.15, -0.1) is 0 Å². The molecule has 1 aromatic rings. The van der Waals surface area contributed by atoms with Crippen LogP contribution in [0.25, 0.3) is 0 Å². The van der Waals surface area contributed by atoms with Crippen LogP contribution in [0.3, 0.4) is 0 Å². The third kappa shape index (κ3) is 4.28. The molecule has 110 valence electrons. The van der Waals surface area contributed by atoms with Crippen LogP contribution in [0.4, 0.5) is 0 Å². The Hall–Kier alpha value is -1.46. The molecular weight excluding hydrogens is 252 g/mol. The first-order valence-corrected chi connectivity index (χ1v) is 7.31. The first kappa shape index (κ1) is 14.9. The molecule has 1 aliphatic heterocycles. The Kier molecular flexibility index (Phi) is 5.49. The van der Waals surface area contributed by atoms with Gasteiger partial charge in [0.05, 0.1) is 5.69 Å². The maximum atomic E-state index is 11.8. The number of hydrogen-bond acceptors (Lipinski definition) is 4. The topological polar surface area (TPSA) is 71.2 Å². The van der Waals surface area contributed by atoms with Crippen LogP contribution in [0, 0.1) is 5.92 Å². The van der Waals surface area contributed by atoms with E-state index >= 15 is 0 Å². The maximum absolute atomic E-state index is 11.8. The third-order valence-corrected chi connectivity index (χ3v) is 3.85. The van der Waals surface area contributed by atoms with Gasteiger partial charge in [-0.2, -0.15) is 0 Å². The highest BCUT2D eigenvalue weighted by Gasteiger charge is 2.22. The summed E-state index contributed by atoms with van der Waals surface area (Å²) < 4.78 is 0. The number of likely N-dealkylation sites (tertiary alicyclic amines) is 1. The Morgan fingerprint density at radius 3 is 2.85 bits per heavy atom. The van der Waals surface area contributed by atoms with Crippen molar-refractivity contribution in [3.8, 4) is 0 Å². The quantitative estimate of drug-likeness (QED) is 0.833. The van der Waals surface area contributed by atoms with Gasteiger partial charge in [0.2, 0.25) is 5.91 Å². The molecule has 1 atom stereocenters. The van der Waals surface area contributed by atoms with E-state index in [2.05, 4.69) is 21.3 Å². The minimum atomic E-state index is -0.0958. The Bertz CT molecular complexity index is 415. The zero-order valence-electron chi connectivity index (χ0n) is 12.1. The van der Waals surface area contributed by atoms with E-state index in [-0.39, 0.29) is 17.9 Å². The van der Waals surface area contributed by atoms with Gasteiger partial charge in [-0.3, -0.25) is 14.7 Å². The number of amides is 1. The molecule has 0 bridgehead atoms. The van der Waals surface area contributed by atoms with E-state index in [9.17, 15) is 4.79 Å². The second kappa shape index (κ2) is 7.36. The SMILES string of the molecule is CC(CN)C(=O)NC1CCN(Cc2ccccn2)CC1. The van der Waals surface area contributed by atoms with Crippen LogP contribution in [-0.2, 0) is 11.3 Å². The van der Waals surface area contributed by atoms with Crippen molar-refractivity contribution < 1.29 is 4.79 Å². The van der Waals surface area contributed by atoms with Crippen molar-refractivity contribution in [1.29, 1.82) is 0 Å². The predicted octanol–water partition coefficient (Wildman–Crippen LogP) is 0.757. The molecule has 0 saturated carbocycles. The number of piperidine rings is 1. The van der Waals surface area contributed by atoms with Gasteiger partial charge in [0.1, 0.15) is 0 Å². The van der Waals surface area contributed by atoms with Crippen LogP contribution in [0.1, 0.15) is 25.5 Å². The van der Waals surface area contributed by atoms with Gasteiger partial charge in [0.15, 0.2) is 0 Å². The lowest BCUT2D eigenvalue weighted by molar-refractivity contribution is -0.125. The summed E-state index contributed by atoms with van der Waals surface area (Å²) in [6, 6.07) is 6.29. The van der Waals surface area contributed by atoms with Crippen molar-refractivity contribution in [2.75, 3.05) is 19.6 Å². The number of nitrogens with zero attached hydrogens (tertiary/aromatic N) is 2. The zero-order chi connectivity index (χ0) is 14.4. The van der Waals surface area contributed by atoms with E-state index in [0.717, 1.165) is 38.2 Å². The van der Waals surface area contributed by atoms with Gasteiger partial charge in [-0.05, 0) is 25.0 Å². The normalized spacial score (nSPS) is 18.7. The zero-order valence-corrected chi connectivity index (χ0v) is 12.1. The van der Waals surface area contributed by atoms with Crippen LogP contribution in [0.2, 0.25) is 0 Å². The monoisotopic (exact) mass is 276 g/mol. The van der Waals surface area contributed by atoms with Crippen molar-refractivity contribution in [3.05, 3.63) is 30.1 Å². The summed E-state index contributed by atoms with van der Waals surface area (Å²) in [5, 5.41) is 3.09. The average molecular weight is 276 g/mol. The summed E-state index contributed by atoms with van der Waals surface area (Å²) in [4.78, 5) is 18.5. The fourth-order valence-corrected chi connectivity index (χ4v) is 2.41. The lowest BCUT2D eigenvalue weighted by Crippen LogP contribution is -2.46. The summed E-state index contributed by atoms with van der Waals surface area (Å²) in [7, 11) is 0. The van der Waals surface area contributed by atoms with E-state index in [0.29, 0.717) is 6.54 Å². The first-order valence-electron chi connectivity index (χ1n) is 7.31. The van der Waals surface area contributed by atoms with Crippen LogP contribution in [-0.4, -0.2) is 41.5 Å². The molecule has 2 heterocycles. The van der Waals surface area contributed by atoms with E-state index in [1.807, 2.05) is 25.3 Å². The Labute approximate surface area is 120 Å². The van der Waals surface area contributed by atoms with Crippen LogP contribution in [0.15, 0.2) is 24.4 Å². The Morgan fingerprint density at radius 1 is 1.50 bits per heavy atom. The molecule has 0 aromatic carbocycles. The highest BCUT2D eigenvalue weighted by molar-refractivity contribution is 5.78. The number of nitrogens with two attached hydrogens (primary N) is 1. The number of aromatic nitrogens is 1.